The topological polar surface area (TPSA) is 91.7 Å². The average molecular weight is 529 g/mol. The molecule has 5 rings (SSSR count). The van der Waals surface area contributed by atoms with Crippen molar-refractivity contribution in [3.63, 3.8) is 0 Å². The minimum absolute atomic E-state index is 0.0361. The number of fused-ring (bicyclic) bond motifs is 3. The maximum atomic E-state index is 13.2. The van der Waals surface area contributed by atoms with Gasteiger partial charge in [-0.25, -0.2) is 0 Å². The SMILES string of the molecule is COc1cc(OC)c(CO)c(CN2CCN(CC3C(=O)O[C@H]4C5=C(C)CCC[C@]5(C)CCC34O)CC2)c1C. The number of aliphatic hydroxyl groups is 2. The van der Waals surface area contributed by atoms with Crippen LogP contribution in [-0.2, 0) is 22.7 Å². The summed E-state index contributed by atoms with van der Waals surface area (Å²) in [5.74, 6) is 0.624. The Morgan fingerprint density at radius 2 is 1.71 bits per heavy atom. The second-order valence-electron chi connectivity index (χ2n) is 12.1. The Labute approximate surface area is 226 Å². The molecule has 2 saturated heterocycles. The monoisotopic (exact) mass is 528 g/mol. The van der Waals surface area contributed by atoms with E-state index in [0.29, 0.717) is 25.3 Å². The second kappa shape index (κ2) is 10.5. The lowest BCUT2D eigenvalue weighted by molar-refractivity contribution is -0.144. The molecule has 2 N–H and O–H groups in total. The third kappa shape index (κ3) is 4.53. The Morgan fingerprint density at radius 3 is 2.37 bits per heavy atom. The number of aliphatic hydroxyl groups excluding tert-OH is 1. The molecule has 210 valence electrons. The van der Waals surface area contributed by atoms with Gasteiger partial charge in [0.2, 0.25) is 0 Å². The summed E-state index contributed by atoms with van der Waals surface area (Å²) in [5.41, 5.74) is 4.26. The van der Waals surface area contributed by atoms with E-state index in [4.69, 9.17) is 14.2 Å². The molecule has 0 radical (unpaired) electrons. The predicted molar refractivity (Wildman–Crippen MR) is 144 cm³/mol. The van der Waals surface area contributed by atoms with Gasteiger partial charge in [0.1, 0.15) is 23.0 Å². The van der Waals surface area contributed by atoms with Gasteiger partial charge in [-0.2, -0.15) is 0 Å². The van der Waals surface area contributed by atoms with Gasteiger partial charge in [-0.15, -0.1) is 0 Å². The molecule has 8 heteroatoms. The van der Waals surface area contributed by atoms with Crippen LogP contribution >= 0.6 is 0 Å². The van der Waals surface area contributed by atoms with Crippen LogP contribution in [0.5, 0.6) is 11.5 Å². The Kier molecular flexibility index (Phi) is 7.55. The van der Waals surface area contributed by atoms with E-state index in [-0.39, 0.29) is 18.0 Å². The first kappa shape index (κ1) is 27.4. The molecule has 0 aromatic heterocycles. The lowest BCUT2D eigenvalue weighted by Gasteiger charge is -2.49. The number of nitrogens with zero attached hydrogens (tertiary/aromatic N) is 2. The standard InChI is InChI=1S/C30H44N2O6/c1-19-7-6-8-29(3)9-10-30(35)23(28(34)38-27(30)26(19)29)17-32-13-11-31(12-14-32)16-21-20(2)24(36-4)15-25(37-5)22(21)18-33/h15,23,27,33,35H,6-14,16-18H2,1-5H3/t23?,27-,29+,30?/m0/s1. The molecule has 4 atom stereocenters. The number of rotatable bonds is 7. The summed E-state index contributed by atoms with van der Waals surface area (Å²) in [6.45, 7) is 10.8. The largest absolute Gasteiger partial charge is 0.496 e. The first-order chi connectivity index (χ1) is 18.1. The Bertz CT molecular complexity index is 1110. The maximum Gasteiger partial charge on any atom is 0.314 e. The first-order valence-corrected chi connectivity index (χ1v) is 14.1. The fraction of sp³-hybridized carbons (Fsp3) is 0.700. The van der Waals surface area contributed by atoms with Crippen molar-refractivity contribution in [1.29, 1.82) is 0 Å². The minimum Gasteiger partial charge on any atom is -0.496 e. The molecule has 0 spiro atoms. The van der Waals surface area contributed by atoms with Crippen molar-refractivity contribution in [3.8, 4) is 11.5 Å². The lowest BCUT2D eigenvalue weighted by atomic mass is 9.58. The lowest BCUT2D eigenvalue weighted by Crippen LogP contribution is -2.56. The van der Waals surface area contributed by atoms with Crippen molar-refractivity contribution in [3.05, 3.63) is 33.9 Å². The van der Waals surface area contributed by atoms with Crippen molar-refractivity contribution < 1.29 is 29.2 Å². The number of methoxy groups -OCH3 is 2. The van der Waals surface area contributed by atoms with E-state index < -0.39 is 17.6 Å². The van der Waals surface area contributed by atoms with Crippen LogP contribution in [0.2, 0.25) is 0 Å². The number of carbonyl (C=O) groups excluding carboxylic acids is 1. The maximum absolute atomic E-state index is 13.2. The zero-order valence-corrected chi connectivity index (χ0v) is 23.6. The van der Waals surface area contributed by atoms with Gasteiger partial charge in [-0.3, -0.25) is 14.6 Å². The van der Waals surface area contributed by atoms with E-state index in [0.717, 1.165) is 67.9 Å². The van der Waals surface area contributed by atoms with Crippen LogP contribution in [0.25, 0.3) is 0 Å². The summed E-state index contributed by atoms with van der Waals surface area (Å²) >= 11 is 0. The van der Waals surface area contributed by atoms with E-state index in [1.165, 1.54) is 17.6 Å². The Morgan fingerprint density at radius 1 is 1.03 bits per heavy atom. The van der Waals surface area contributed by atoms with E-state index in [1.54, 1.807) is 14.2 Å². The summed E-state index contributed by atoms with van der Waals surface area (Å²) in [7, 11) is 3.26. The van der Waals surface area contributed by atoms with Crippen LogP contribution in [-0.4, -0.2) is 84.6 Å². The molecule has 3 fully saturated rings. The van der Waals surface area contributed by atoms with E-state index in [1.807, 2.05) is 13.0 Å². The second-order valence-corrected chi connectivity index (χ2v) is 12.1. The normalized spacial score (nSPS) is 32.1. The molecule has 1 aromatic rings. The minimum atomic E-state index is -1.12. The number of piperazine rings is 1. The quantitative estimate of drug-likeness (QED) is 0.412. The van der Waals surface area contributed by atoms with Gasteiger partial charge in [0.15, 0.2) is 6.10 Å². The smallest absolute Gasteiger partial charge is 0.314 e. The van der Waals surface area contributed by atoms with E-state index >= 15 is 0 Å². The van der Waals surface area contributed by atoms with Crippen LogP contribution in [0.4, 0.5) is 0 Å². The highest BCUT2D eigenvalue weighted by Gasteiger charge is 2.63. The highest BCUT2D eigenvalue weighted by atomic mass is 16.6. The Hall–Kier alpha value is -2.13. The molecule has 0 amide bonds. The molecule has 8 nitrogen and oxygen atoms in total. The molecular weight excluding hydrogens is 484 g/mol. The van der Waals surface area contributed by atoms with Gasteiger partial charge >= 0.3 is 5.97 Å². The van der Waals surface area contributed by atoms with Crippen molar-refractivity contribution >= 4 is 5.97 Å². The number of esters is 1. The fourth-order valence-electron chi connectivity index (χ4n) is 7.57. The molecular formula is C30H44N2O6. The molecule has 4 aliphatic rings. The van der Waals surface area contributed by atoms with Crippen LogP contribution < -0.4 is 9.47 Å². The highest BCUT2D eigenvalue weighted by molar-refractivity contribution is 5.78. The van der Waals surface area contributed by atoms with E-state index in [9.17, 15) is 15.0 Å². The van der Waals surface area contributed by atoms with Crippen LogP contribution in [0.15, 0.2) is 17.2 Å². The van der Waals surface area contributed by atoms with Gasteiger partial charge in [0.05, 0.1) is 20.8 Å². The number of hydrogen-bond donors (Lipinski definition) is 2. The summed E-state index contributed by atoms with van der Waals surface area (Å²) in [6, 6.07) is 1.83. The average Bonchev–Trinajstić information content (AvgIpc) is 3.15. The van der Waals surface area contributed by atoms with Crippen molar-refractivity contribution in [2.24, 2.45) is 11.3 Å². The third-order valence-electron chi connectivity index (χ3n) is 9.94. The first-order valence-electron chi connectivity index (χ1n) is 14.1. The molecule has 2 heterocycles. The van der Waals surface area contributed by atoms with Gasteiger partial charge in [0, 0.05) is 50.9 Å². The van der Waals surface area contributed by atoms with Gasteiger partial charge in [0.25, 0.3) is 0 Å². The summed E-state index contributed by atoms with van der Waals surface area (Å²) in [6.07, 6.45) is 4.32. The van der Waals surface area contributed by atoms with Gasteiger partial charge in [-0.1, -0.05) is 12.5 Å². The molecule has 0 bridgehead atoms. The number of allylic oxidation sites excluding steroid dienone is 1. The van der Waals surface area contributed by atoms with Gasteiger partial charge in [-0.05, 0) is 68.1 Å². The molecule has 38 heavy (non-hydrogen) atoms. The number of carbonyl (C=O) groups is 1. The van der Waals surface area contributed by atoms with Crippen molar-refractivity contribution in [2.45, 2.75) is 77.7 Å². The van der Waals surface area contributed by atoms with Crippen LogP contribution in [0.1, 0.15) is 62.6 Å². The predicted octanol–water partition coefficient (Wildman–Crippen LogP) is 3.20. The number of benzene rings is 1. The van der Waals surface area contributed by atoms with Crippen LogP contribution in [0.3, 0.4) is 0 Å². The molecule has 2 aliphatic heterocycles. The van der Waals surface area contributed by atoms with Crippen molar-refractivity contribution in [1.82, 2.24) is 9.80 Å². The number of hydrogen-bond acceptors (Lipinski definition) is 8. The molecule has 2 aliphatic carbocycles. The molecule has 2 unspecified atom stereocenters. The fourth-order valence-corrected chi connectivity index (χ4v) is 7.57. The molecule has 1 aromatic carbocycles. The van der Waals surface area contributed by atoms with E-state index in [2.05, 4.69) is 23.6 Å². The highest BCUT2D eigenvalue weighted by Crippen LogP contribution is 2.57. The van der Waals surface area contributed by atoms with Crippen molar-refractivity contribution in [2.75, 3.05) is 46.9 Å². The van der Waals surface area contributed by atoms with Crippen LogP contribution in [0, 0.1) is 18.3 Å². The van der Waals surface area contributed by atoms with Gasteiger partial charge < -0.3 is 24.4 Å². The summed E-state index contributed by atoms with van der Waals surface area (Å²) in [4.78, 5) is 17.8. The Balaban J connectivity index is 1.26. The number of ether oxygens (including phenoxy) is 3. The summed E-state index contributed by atoms with van der Waals surface area (Å²) in [5, 5.41) is 22.0. The third-order valence-corrected chi connectivity index (χ3v) is 9.94. The zero-order chi connectivity index (χ0) is 27.2. The summed E-state index contributed by atoms with van der Waals surface area (Å²) < 4.78 is 17.1. The molecule has 1 saturated carbocycles. The zero-order valence-electron chi connectivity index (χ0n) is 23.6.